The maximum atomic E-state index is 12.3. The SMILES string of the molecule is CO[C@H]1C[C@H](OC(=O)c2ccccc2)C[C@@H](/C=C/c2ccncc2C(N)=O)O1. The van der Waals surface area contributed by atoms with E-state index in [2.05, 4.69) is 4.98 Å². The first kappa shape index (κ1) is 19.7. The fraction of sp³-hybridized carbons (Fsp3) is 0.286. The van der Waals surface area contributed by atoms with Crippen molar-refractivity contribution in [2.24, 2.45) is 5.73 Å². The van der Waals surface area contributed by atoms with Crippen LogP contribution in [0.25, 0.3) is 6.08 Å². The third kappa shape index (κ3) is 5.03. The van der Waals surface area contributed by atoms with E-state index < -0.39 is 12.2 Å². The van der Waals surface area contributed by atoms with Gasteiger partial charge in [0.25, 0.3) is 5.91 Å². The Morgan fingerprint density at radius 2 is 2.00 bits per heavy atom. The van der Waals surface area contributed by atoms with Gasteiger partial charge >= 0.3 is 5.97 Å². The van der Waals surface area contributed by atoms with Gasteiger partial charge in [0.1, 0.15) is 6.10 Å². The smallest absolute Gasteiger partial charge is 0.338 e. The van der Waals surface area contributed by atoms with Crippen molar-refractivity contribution >= 4 is 18.0 Å². The van der Waals surface area contributed by atoms with Gasteiger partial charge in [-0.15, -0.1) is 0 Å². The van der Waals surface area contributed by atoms with E-state index in [1.807, 2.05) is 6.07 Å². The summed E-state index contributed by atoms with van der Waals surface area (Å²) in [6, 6.07) is 10.5. The van der Waals surface area contributed by atoms with E-state index in [4.69, 9.17) is 19.9 Å². The Kier molecular flexibility index (Phi) is 6.52. The normalized spacial score (nSPS) is 22.1. The summed E-state index contributed by atoms with van der Waals surface area (Å²) >= 11 is 0. The van der Waals surface area contributed by atoms with Gasteiger partial charge in [-0.1, -0.05) is 30.4 Å². The first-order valence-electron chi connectivity index (χ1n) is 8.93. The largest absolute Gasteiger partial charge is 0.458 e. The number of benzene rings is 1. The molecule has 0 aliphatic carbocycles. The zero-order valence-electron chi connectivity index (χ0n) is 15.5. The minimum Gasteiger partial charge on any atom is -0.458 e. The van der Waals surface area contributed by atoms with Crippen molar-refractivity contribution in [3.63, 3.8) is 0 Å². The number of primary amides is 1. The van der Waals surface area contributed by atoms with Gasteiger partial charge in [-0.3, -0.25) is 9.78 Å². The molecule has 3 atom stereocenters. The van der Waals surface area contributed by atoms with Gasteiger partial charge in [0.2, 0.25) is 0 Å². The van der Waals surface area contributed by atoms with Crippen LogP contribution < -0.4 is 5.73 Å². The molecule has 1 aliphatic heterocycles. The van der Waals surface area contributed by atoms with Crippen molar-refractivity contribution in [3.8, 4) is 0 Å². The number of hydrogen-bond acceptors (Lipinski definition) is 6. The van der Waals surface area contributed by atoms with E-state index in [-0.39, 0.29) is 18.2 Å². The molecule has 1 aromatic heterocycles. The first-order chi connectivity index (χ1) is 13.6. The molecule has 1 amide bonds. The molecule has 2 heterocycles. The van der Waals surface area contributed by atoms with Crippen LogP contribution in [-0.2, 0) is 14.2 Å². The number of methoxy groups -OCH3 is 1. The van der Waals surface area contributed by atoms with Gasteiger partial charge in [0.05, 0.1) is 17.2 Å². The van der Waals surface area contributed by atoms with Crippen molar-refractivity contribution in [1.82, 2.24) is 4.98 Å². The molecule has 7 heteroatoms. The molecule has 0 saturated carbocycles. The number of carbonyl (C=O) groups is 2. The molecule has 1 fully saturated rings. The van der Waals surface area contributed by atoms with Crippen LogP contribution in [0.4, 0.5) is 0 Å². The summed E-state index contributed by atoms with van der Waals surface area (Å²) in [5.41, 5.74) is 6.84. The monoisotopic (exact) mass is 382 g/mol. The number of pyridine rings is 1. The highest BCUT2D eigenvalue weighted by Crippen LogP contribution is 2.25. The van der Waals surface area contributed by atoms with Crippen LogP contribution in [0.3, 0.4) is 0 Å². The number of amides is 1. The molecule has 2 N–H and O–H groups in total. The van der Waals surface area contributed by atoms with Crippen LogP contribution in [-0.4, -0.2) is 42.5 Å². The van der Waals surface area contributed by atoms with Gasteiger partial charge in [-0.25, -0.2) is 4.79 Å². The van der Waals surface area contributed by atoms with Crippen LogP contribution in [0.2, 0.25) is 0 Å². The van der Waals surface area contributed by atoms with Gasteiger partial charge < -0.3 is 19.9 Å². The highest BCUT2D eigenvalue weighted by molar-refractivity contribution is 5.96. The number of nitrogens with two attached hydrogens (primary N) is 1. The molecule has 146 valence electrons. The van der Waals surface area contributed by atoms with Crippen LogP contribution in [0.5, 0.6) is 0 Å². The summed E-state index contributed by atoms with van der Waals surface area (Å²) in [4.78, 5) is 27.8. The molecule has 0 bridgehead atoms. The number of aromatic nitrogens is 1. The number of ether oxygens (including phenoxy) is 3. The van der Waals surface area contributed by atoms with Crippen LogP contribution in [0.15, 0.2) is 54.9 Å². The van der Waals surface area contributed by atoms with E-state index in [9.17, 15) is 9.59 Å². The van der Waals surface area contributed by atoms with Gasteiger partial charge in [-0.05, 0) is 23.8 Å². The Morgan fingerprint density at radius 1 is 1.21 bits per heavy atom. The first-order valence-corrected chi connectivity index (χ1v) is 8.93. The highest BCUT2D eigenvalue weighted by Gasteiger charge is 2.31. The maximum Gasteiger partial charge on any atom is 0.338 e. The lowest BCUT2D eigenvalue weighted by Crippen LogP contribution is -2.38. The number of esters is 1. The summed E-state index contributed by atoms with van der Waals surface area (Å²) in [5.74, 6) is -0.933. The molecule has 3 rings (SSSR count). The van der Waals surface area contributed by atoms with Gasteiger partial charge in [-0.2, -0.15) is 0 Å². The van der Waals surface area contributed by atoms with Crippen molar-refractivity contribution in [2.45, 2.75) is 31.3 Å². The lowest BCUT2D eigenvalue weighted by Gasteiger charge is -2.33. The highest BCUT2D eigenvalue weighted by atomic mass is 16.7. The van der Waals surface area contributed by atoms with Crippen molar-refractivity contribution in [1.29, 1.82) is 0 Å². The number of carbonyl (C=O) groups excluding carboxylic acids is 2. The van der Waals surface area contributed by atoms with E-state index in [1.54, 1.807) is 55.8 Å². The van der Waals surface area contributed by atoms with Crippen molar-refractivity contribution < 1.29 is 23.8 Å². The Morgan fingerprint density at radius 3 is 2.71 bits per heavy atom. The second kappa shape index (κ2) is 9.25. The third-order valence-corrected chi connectivity index (χ3v) is 4.43. The molecular weight excluding hydrogens is 360 g/mol. The van der Waals surface area contributed by atoms with Crippen LogP contribution >= 0.6 is 0 Å². The van der Waals surface area contributed by atoms with Crippen LogP contribution in [0.1, 0.15) is 39.1 Å². The predicted octanol–water partition coefficient (Wildman–Crippen LogP) is 2.57. The second-order valence-electron chi connectivity index (χ2n) is 6.39. The quantitative estimate of drug-likeness (QED) is 0.771. The Bertz CT molecular complexity index is 853. The minimum absolute atomic E-state index is 0.324. The number of hydrogen-bond donors (Lipinski definition) is 1. The fourth-order valence-electron chi connectivity index (χ4n) is 3.01. The zero-order valence-corrected chi connectivity index (χ0v) is 15.5. The Hall–Kier alpha value is -3.03. The standard InChI is InChI=1S/C21H22N2O5/c1-26-19-12-17(28-21(25)15-5-3-2-4-6-15)11-16(27-19)8-7-14-9-10-23-13-18(14)20(22)24/h2-10,13,16-17,19H,11-12H2,1H3,(H2,22,24)/b8-7+/t16-,17-,19-/m1/s1. The molecule has 0 spiro atoms. The molecular formula is C21H22N2O5. The van der Waals surface area contributed by atoms with Crippen molar-refractivity contribution in [3.05, 3.63) is 71.6 Å². The number of rotatable bonds is 6. The van der Waals surface area contributed by atoms with Crippen molar-refractivity contribution in [2.75, 3.05) is 7.11 Å². The number of nitrogens with zero attached hydrogens (tertiary/aromatic N) is 1. The molecule has 0 radical (unpaired) electrons. The minimum atomic E-state index is -0.554. The lowest BCUT2D eigenvalue weighted by molar-refractivity contribution is -0.191. The lowest BCUT2D eigenvalue weighted by atomic mass is 10.0. The van der Waals surface area contributed by atoms with E-state index in [1.165, 1.54) is 6.20 Å². The average Bonchev–Trinajstić information content (AvgIpc) is 2.72. The average molecular weight is 382 g/mol. The summed E-state index contributed by atoms with van der Waals surface area (Å²) in [6.45, 7) is 0. The summed E-state index contributed by atoms with van der Waals surface area (Å²) in [6.07, 6.45) is 6.28. The van der Waals surface area contributed by atoms with E-state index in [0.717, 1.165) is 0 Å². The molecule has 2 aromatic rings. The summed E-state index contributed by atoms with van der Waals surface area (Å²) in [5, 5.41) is 0. The molecule has 28 heavy (non-hydrogen) atoms. The third-order valence-electron chi connectivity index (χ3n) is 4.43. The molecule has 1 aliphatic rings. The van der Waals surface area contributed by atoms with Gasteiger partial charge in [0.15, 0.2) is 6.29 Å². The summed E-state index contributed by atoms with van der Waals surface area (Å²) < 4.78 is 16.8. The second-order valence-corrected chi connectivity index (χ2v) is 6.39. The molecule has 0 unspecified atom stereocenters. The van der Waals surface area contributed by atoms with Crippen LogP contribution in [0, 0.1) is 0 Å². The topological polar surface area (TPSA) is 101 Å². The molecule has 1 saturated heterocycles. The van der Waals surface area contributed by atoms with E-state index >= 15 is 0 Å². The van der Waals surface area contributed by atoms with E-state index in [0.29, 0.717) is 29.5 Å². The predicted molar refractivity (Wildman–Crippen MR) is 102 cm³/mol. The Labute approximate surface area is 163 Å². The zero-order chi connectivity index (χ0) is 19.9. The molecule has 1 aromatic carbocycles. The maximum absolute atomic E-state index is 12.3. The summed E-state index contributed by atoms with van der Waals surface area (Å²) in [7, 11) is 1.54. The fourth-order valence-corrected chi connectivity index (χ4v) is 3.01. The Balaban J connectivity index is 1.70. The molecule has 7 nitrogen and oxygen atoms in total. The van der Waals surface area contributed by atoms with Gasteiger partial charge in [0, 0.05) is 32.3 Å².